The Hall–Kier alpha value is -5.41. The van der Waals surface area contributed by atoms with Crippen molar-refractivity contribution >= 4 is 44.3 Å². The molecule has 0 atom stereocenters. The van der Waals surface area contributed by atoms with Gasteiger partial charge in [-0.25, -0.2) is 0 Å². The Bertz CT molecular complexity index is 2060. The Morgan fingerprint density at radius 1 is 0.457 bits per heavy atom. The summed E-state index contributed by atoms with van der Waals surface area (Å²) in [5, 5.41) is 4.98. The predicted molar refractivity (Wildman–Crippen MR) is 194 cm³/mol. The van der Waals surface area contributed by atoms with Crippen LogP contribution in [0.15, 0.2) is 140 Å². The van der Waals surface area contributed by atoms with Gasteiger partial charge in [-0.15, -0.1) is 0 Å². The fourth-order valence-corrected chi connectivity index (χ4v) is 7.85. The molecule has 2 aliphatic heterocycles. The van der Waals surface area contributed by atoms with Crippen molar-refractivity contribution in [1.82, 2.24) is 4.98 Å². The highest BCUT2D eigenvalue weighted by Gasteiger charge is 2.24. The molecule has 2 aliphatic rings. The Morgan fingerprint density at radius 2 is 1.00 bits per heavy atom. The fraction of sp³-hybridized carbons (Fsp3) is 0.140. The van der Waals surface area contributed by atoms with Gasteiger partial charge in [-0.2, -0.15) is 0 Å². The molecule has 9 rings (SSSR count). The van der Waals surface area contributed by atoms with Crippen LogP contribution in [0.3, 0.4) is 0 Å². The lowest BCUT2D eigenvalue weighted by molar-refractivity contribution is 0.767. The number of hydrogen-bond donors (Lipinski definition) is 0. The van der Waals surface area contributed by atoms with E-state index in [9.17, 15) is 0 Å². The SMILES string of the molecule is c1ccc(-c2c3cc(N4CCCc5ccccc54)ccc3c(-c3ccccn3)c3cc(N4CCCc5ccccc54)ccc23)cc1. The summed E-state index contributed by atoms with van der Waals surface area (Å²) < 4.78 is 0. The van der Waals surface area contributed by atoms with Crippen LogP contribution in [-0.4, -0.2) is 18.1 Å². The molecule has 222 valence electrons. The molecule has 0 unspecified atom stereocenters. The molecular formula is C43H35N3. The van der Waals surface area contributed by atoms with E-state index in [-0.39, 0.29) is 0 Å². The summed E-state index contributed by atoms with van der Waals surface area (Å²) in [6.07, 6.45) is 6.49. The molecule has 3 nitrogen and oxygen atoms in total. The lowest BCUT2D eigenvalue weighted by Crippen LogP contribution is -2.24. The lowest BCUT2D eigenvalue weighted by atomic mass is 9.86. The molecule has 3 heteroatoms. The molecule has 0 saturated carbocycles. The molecule has 0 spiro atoms. The summed E-state index contributed by atoms with van der Waals surface area (Å²) in [6, 6.07) is 49.2. The number of pyridine rings is 1. The van der Waals surface area contributed by atoms with Crippen molar-refractivity contribution in [2.24, 2.45) is 0 Å². The van der Waals surface area contributed by atoms with Crippen molar-refractivity contribution in [3.8, 4) is 22.4 Å². The second-order valence-electron chi connectivity index (χ2n) is 12.6. The van der Waals surface area contributed by atoms with Crippen molar-refractivity contribution in [3.05, 3.63) is 151 Å². The maximum absolute atomic E-state index is 4.95. The summed E-state index contributed by atoms with van der Waals surface area (Å²) in [4.78, 5) is 9.96. The number of hydrogen-bond acceptors (Lipinski definition) is 3. The summed E-state index contributed by atoms with van der Waals surface area (Å²) in [6.45, 7) is 2.03. The van der Waals surface area contributed by atoms with Gasteiger partial charge in [0.15, 0.2) is 0 Å². The summed E-state index contributed by atoms with van der Waals surface area (Å²) in [5.74, 6) is 0. The third-order valence-corrected chi connectivity index (χ3v) is 9.91. The van der Waals surface area contributed by atoms with Crippen LogP contribution in [0.2, 0.25) is 0 Å². The fourth-order valence-electron chi connectivity index (χ4n) is 7.85. The van der Waals surface area contributed by atoms with Gasteiger partial charge in [-0.1, -0.05) is 84.9 Å². The normalized spacial score (nSPS) is 14.3. The number of benzene rings is 6. The first-order valence-electron chi connectivity index (χ1n) is 16.5. The summed E-state index contributed by atoms with van der Waals surface area (Å²) in [7, 11) is 0. The van der Waals surface area contributed by atoms with Crippen LogP contribution in [0.1, 0.15) is 24.0 Å². The average molecular weight is 594 g/mol. The van der Waals surface area contributed by atoms with Gasteiger partial charge in [0.1, 0.15) is 0 Å². The Kier molecular flexibility index (Phi) is 6.55. The van der Waals surface area contributed by atoms with E-state index in [1.165, 1.54) is 72.1 Å². The van der Waals surface area contributed by atoms with E-state index in [0.717, 1.165) is 44.5 Å². The molecule has 0 bridgehead atoms. The molecule has 6 aromatic carbocycles. The average Bonchev–Trinajstić information content (AvgIpc) is 3.13. The van der Waals surface area contributed by atoms with Gasteiger partial charge in [-0.05, 0) is 118 Å². The van der Waals surface area contributed by atoms with E-state index < -0.39 is 0 Å². The molecule has 0 radical (unpaired) electrons. The van der Waals surface area contributed by atoms with Gasteiger partial charge in [-0.3, -0.25) is 4.98 Å². The van der Waals surface area contributed by atoms with Crippen molar-refractivity contribution in [3.63, 3.8) is 0 Å². The van der Waals surface area contributed by atoms with Crippen molar-refractivity contribution in [2.45, 2.75) is 25.7 Å². The van der Waals surface area contributed by atoms with E-state index in [4.69, 9.17) is 4.98 Å². The van der Waals surface area contributed by atoms with E-state index in [1.54, 1.807) is 0 Å². The van der Waals surface area contributed by atoms with Crippen LogP contribution in [0.5, 0.6) is 0 Å². The van der Waals surface area contributed by atoms with Crippen molar-refractivity contribution < 1.29 is 0 Å². The second kappa shape index (κ2) is 11.2. The third-order valence-electron chi connectivity index (χ3n) is 9.91. The Labute approximate surface area is 270 Å². The van der Waals surface area contributed by atoms with Gasteiger partial charge in [0.2, 0.25) is 0 Å². The second-order valence-corrected chi connectivity index (χ2v) is 12.6. The van der Waals surface area contributed by atoms with Crippen molar-refractivity contribution in [2.75, 3.05) is 22.9 Å². The summed E-state index contributed by atoms with van der Waals surface area (Å²) in [5.41, 5.74) is 12.7. The van der Waals surface area contributed by atoms with Gasteiger partial charge >= 0.3 is 0 Å². The first kappa shape index (κ1) is 26.9. The minimum absolute atomic E-state index is 1.00. The minimum atomic E-state index is 1.00. The van der Waals surface area contributed by atoms with E-state index >= 15 is 0 Å². The zero-order chi connectivity index (χ0) is 30.5. The Morgan fingerprint density at radius 3 is 1.61 bits per heavy atom. The van der Waals surface area contributed by atoms with Crippen LogP contribution in [0.25, 0.3) is 43.9 Å². The molecule has 0 N–H and O–H groups in total. The van der Waals surface area contributed by atoms with E-state index in [1.807, 2.05) is 12.3 Å². The third kappa shape index (κ3) is 4.46. The first-order valence-corrected chi connectivity index (χ1v) is 16.5. The van der Waals surface area contributed by atoms with Gasteiger partial charge in [0.05, 0.1) is 5.69 Å². The topological polar surface area (TPSA) is 19.4 Å². The molecule has 3 heterocycles. The van der Waals surface area contributed by atoms with Crippen LogP contribution >= 0.6 is 0 Å². The summed E-state index contributed by atoms with van der Waals surface area (Å²) >= 11 is 0. The smallest absolute Gasteiger partial charge is 0.0714 e. The maximum Gasteiger partial charge on any atom is 0.0714 e. The molecule has 0 aliphatic carbocycles. The van der Waals surface area contributed by atoms with Crippen LogP contribution in [-0.2, 0) is 12.8 Å². The highest BCUT2D eigenvalue weighted by atomic mass is 15.1. The molecule has 0 saturated heterocycles. The number of fused-ring (bicyclic) bond motifs is 4. The zero-order valence-electron chi connectivity index (χ0n) is 25.9. The number of rotatable bonds is 4. The highest BCUT2D eigenvalue weighted by Crippen LogP contribution is 2.47. The van der Waals surface area contributed by atoms with Gasteiger partial charge < -0.3 is 9.80 Å². The number of aromatic nitrogens is 1. The van der Waals surface area contributed by atoms with Crippen LogP contribution in [0, 0.1) is 0 Å². The number of para-hydroxylation sites is 2. The van der Waals surface area contributed by atoms with Gasteiger partial charge in [0, 0.05) is 47.6 Å². The number of anilines is 4. The van der Waals surface area contributed by atoms with Crippen molar-refractivity contribution in [1.29, 1.82) is 0 Å². The first-order chi connectivity index (χ1) is 22.8. The minimum Gasteiger partial charge on any atom is -0.341 e. The quantitative estimate of drug-likeness (QED) is 0.189. The predicted octanol–water partition coefficient (Wildman–Crippen LogP) is 10.9. The monoisotopic (exact) mass is 593 g/mol. The number of nitrogens with zero attached hydrogens (tertiary/aromatic N) is 3. The molecule has 0 amide bonds. The molecule has 46 heavy (non-hydrogen) atoms. The van der Waals surface area contributed by atoms with Gasteiger partial charge in [0.25, 0.3) is 0 Å². The maximum atomic E-state index is 4.95. The molecule has 7 aromatic rings. The van der Waals surface area contributed by atoms with Crippen LogP contribution < -0.4 is 9.80 Å². The van der Waals surface area contributed by atoms with Crippen LogP contribution in [0.4, 0.5) is 22.7 Å². The molecule has 1 aromatic heterocycles. The van der Waals surface area contributed by atoms with E-state index in [2.05, 4.69) is 137 Å². The molecule has 0 fully saturated rings. The number of aryl methyl sites for hydroxylation is 2. The Balaban J connectivity index is 1.34. The van der Waals surface area contributed by atoms with E-state index in [0.29, 0.717) is 0 Å². The molecular weight excluding hydrogens is 558 g/mol. The standard InChI is InChI=1S/C43H35N3/c1-2-14-32(15-3-1)42-35-23-21-34(46-27-11-17-31-13-5-7-20-41(31)46)29-38(35)43(39-18-8-9-25-44-39)36-24-22-33(28-37(36)42)45-26-10-16-30-12-4-6-19-40(30)45/h1-9,12-15,18-25,28-29H,10-11,16-17,26-27H2. The lowest BCUT2D eigenvalue weighted by Gasteiger charge is -2.32. The highest BCUT2D eigenvalue weighted by molar-refractivity contribution is 6.22. The zero-order valence-corrected chi connectivity index (χ0v) is 25.9. The largest absolute Gasteiger partial charge is 0.341 e.